The largest absolute Gasteiger partial charge is 0.446 e. The van der Waals surface area contributed by atoms with Crippen LogP contribution in [0.15, 0.2) is 11.4 Å². The first kappa shape index (κ1) is 21.7. The summed E-state index contributed by atoms with van der Waals surface area (Å²) in [6.07, 6.45) is -2.07. The summed E-state index contributed by atoms with van der Waals surface area (Å²) in [5.74, 6) is 0.239. The van der Waals surface area contributed by atoms with Gasteiger partial charge in [0, 0.05) is 44.9 Å². The Balaban J connectivity index is 1.50. The van der Waals surface area contributed by atoms with Crippen LogP contribution < -0.4 is 15.5 Å². The molecule has 2 fully saturated rings. The number of alkyl carbamates (subject to hydrolysis) is 1. The van der Waals surface area contributed by atoms with E-state index in [-0.39, 0.29) is 27.7 Å². The van der Waals surface area contributed by atoms with E-state index in [0.29, 0.717) is 38.4 Å². The molecular weight excluding hydrogens is 433 g/mol. The molecule has 0 radical (unpaired) electrons. The summed E-state index contributed by atoms with van der Waals surface area (Å²) in [5.41, 5.74) is -0.627. The Kier molecular flexibility index (Phi) is 5.96. The minimum Gasteiger partial charge on any atom is -0.446 e. The van der Waals surface area contributed by atoms with Gasteiger partial charge in [0.2, 0.25) is 0 Å². The molecule has 31 heavy (non-hydrogen) atoms. The molecule has 0 bridgehead atoms. The lowest BCUT2D eigenvalue weighted by molar-refractivity contribution is -0.136. The van der Waals surface area contributed by atoms with Gasteiger partial charge in [0.05, 0.1) is 21.3 Å². The fourth-order valence-electron chi connectivity index (χ4n) is 3.61. The molecule has 1 saturated carbocycles. The number of aromatic nitrogens is 1. The predicted molar refractivity (Wildman–Crippen MR) is 110 cm³/mol. The lowest BCUT2D eigenvalue weighted by Gasteiger charge is -2.32. The van der Waals surface area contributed by atoms with Crippen LogP contribution in [-0.4, -0.2) is 49.8 Å². The van der Waals surface area contributed by atoms with Crippen molar-refractivity contribution in [1.29, 1.82) is 0 Å². The second kappa shape index (κ2) is 8.52. The van der Waals surface area contributed by atoms with E-state index in [4.69, 9.17) is 4.74 Å². The van der Waals surface area contributed by atoms with E-state index in [9.17, 15) is 22.8 Å². The minimum atomic E-state index is -4.57. The summed E-state index contributed by atoms with van der Waals surface area (Å²) in [6.45, 7) is 1.42. The molecule has 2 aliphatic rings. The Morgan fingerprint density at radius 3 is 2.58 bits per heavy atom. The van der Waals surface area contributed by atoms with E-state index in [2.05, 4.69) is 15.6 Å². The number of anilines is 1. The van der Waals surface area contributed by atoms with E-state index in [1.165, 1.54) is 12.4 Å². The van der Waals surface area contributed by atoms with Gasteiger partial charge in [-0.25, -0.2) is 9.78 Å². The number of amides is 2. The fraction of sp³-hybridized carbons (Fsp3) is 0.550. The maximum absolute atomic E-state index is 13.7. The average molecular weight is 456 g/mol. The van der Waals surface area contributed by atoms with E-state index in [1.807, 2.05) is 0 Å². The number of halogens is 3. The predicted octanol–water partition coefficient (Wildman–Crippen LogP) is 3.78. The number of alkyl halides is 3. The summed E-state index contributed by atoms with van der Waals surface area (Å²) in [5, 5.41) is 6.59. The maximum atomic E-state index is 13.7. The van der Waals surface area contributed by atoms with Gasteiger partial charge in [-0.3, -0.25) is 4.79 Å². The normalized spacial score (nSPS) is 17.6. The van der Waals surface area contributed by atoms with Gasteiger partial charge >= 0.3 is 12.3 Å². The summed E-state index contributed by atoms with van der Waals surface area (Å²) >= 11 is 0.858. The van der Waals surface area contributed by atoms with Gasteiger partial charge in [0.1, 0.15) is 11.9 Å². The van der Waals surface area contributed by atoms with Crippen LogP contribution in [0.25, 0.3) is 10.2 Å². The lowest BCUT2D eigenvalue weighted by Crippen LogP contribution is -2.40. The number of rotatable bonds is 5. The second-order valence-corrected chi connectivity index (χ2v) is 8.73. The smallest absolute Gasteiger partial charge is 0.417 e. The van der Waals surface area contributed by atoms with Crippen LogP contribution in [0.4, 0.5) is 23.8 Å². The van der Waals surface area contributed by atoms with Crippen LogP contribution in [0.2, 0.25) is 0 Å². The van der Waals surface area contributed by atoms with E-state index in [1.54, 1.807) is 4.90 Å². The van der Waals surface area contributed by atoms with E-state index >= 15 is 0 Å². The molecule has 2 N–H and O–H groups in total. The van der Waals surface area contributed by atoms with Crippen LogP contribution in [-0.2, 0) is 10.9 Å². The van der Waals surface area contributed by atoms with Crippen molar-refractivity contribution in [2.24, 2.45) is 5.92 Å². The number of carbonyl (C=O) groups is 2. The highest BCUT2D eigenvalue weighted by atomic mass is 32.1. The van der Waals surface area contributed by atoms with E-state index in [0.717, 1.165) is 30.2 Å². The van der Waals surface area contributed by atoms with Crippen molar-refractivity contribution in [3.8, 4) is 0 Å². The minimum absolute atomic E-state index is 0.0482. The molecule has 1 aliphatic heterocycles. The summed E-state index contributed by atoms with van der Waals surface area (Å²) in [7, 11) is 1.42. The quantitative estimate of drug-likeness (QED) is 0.716. The first-order valence-corrected chi connectivity index (χ1v) is 11.0. The third-order valence-corrected chi connectivity index (χ3v) is 6.56. The zero-order valence-electron chi connectivity index (χ0n) is 16.9. The SMILES string of the molecule is CNC(=O)c1csc2c(C(F)(F)F)cc(N3CCC(OC(=O)NCC4CC4)CC3)nc12. The third-order valence-electron chi connectivity index (χ3n) is 5.56. The highest BCUT2D eigenvalue weighted by Crippen LogP contribution is 2.40. The number of piperidine rings is 1. The van der Waals surface area contributed by atoms with Crippen LogP contribution in [0.5, 0.6) is 0 Å². The molecule has 4 rings (SSSR count). The second-order valence-electron chi connectivity index (χ2n) is 7.85. The Morgan fingerprint density at radius 2 is 1.97 bits per heavy atom. The number of pyridine rings is 1. The summed E-state index contributed by atoms with van der Waals surface area (Å²) < 4.78 is 46.4. The zero-order chi connectivity index (χ0) is 22.2. The molecule has 2 amide bonds. The van der Waals surface area contributed by atoms with Gasteiger partial charge in [0.25, 0.3) is 5.91 Å². The Bertz CT molecular complexity index is 982. The zero-order valence-corrected chi connectivity index (χ0v) is 17.7. The maximum Gasteiger partial charge on any atom is 0.417 e. The van der Waals surface area contributed by atoms with Gasteiger partial charge in [-0.15, -0.1) is 11.3 Å². The Hall–Kier alpha value is -2.56. The van der Waals surface area contributed by atoms with Gasteiger partial charge in [-0.05, 0) is 24.8 Å². The number of fused-ring (bicyclic) bond motifs is 1. The highest BCUT2D eigenvalue weighted by Gasteiger charge is 2.36. The number of hydrogen-bond acceptors (Lipinski definition) is 6. The van der Waals surface area contributed by atoms with Crippen LogP contribution in [0.1, 0.15) is 41.6 Å². The molecule has 168 valence electrons. The van der Waals surface area contributed by atoms with Crippen LogP contribution in [0, 0.1) is 5.92 Å². The van der Waals surface area contributed by atoms with Crippen molar-refractivity contribution >= 4 is 39.4 Å². The molecule has 2 aromatic rings. The number of ether oxygens (including phenoxy) is 1. The summed E-state index contributed by atoms with van der Waals surface area (Å²) in [4.78, 5) is 30.1. The van der Waals surface area contributed by atoms with Crippen molar-refractivity contribution < 1.29 is 27.5 Å². The molecule has 1 saturated heterocycles. The number of carbonyl (C=O) groups excluding carboxylic acids is 2. The molecule has 2 aromatic heterocycles. The van der Waals surface area contributed by atoms with Crippen LogP contribution >= 0.6 is 11.3 Å². The number of nitrogens with one attached hydrogen (secondary N) is 2. The monoisotopic (exact) mass is 456 g/mol. The van der Waals surface area contributed by atoms with Crippen molar-refractivity contribution in [2.45, 2.75) is 38.0 Å². The van der Waals surface area contributed by atoms with Crippen LogP contribution in [0.3, 0.4) is 0 Å². The average Bonchev–Trinajstić information content (AvgIpc) is 3.48. The molecule has 3 heterocycles. The van der Waals surface area contributed by atoms with Gasteiger partial charge in [-0.2, -0.15) is 13.2 Å². The molecule has 0 aromatic carbocycles. The topological polar surface area (TPSA) is 83.6 Å². The molecule has 0 unspecified atom stereocenters. The third kappa shape index (κ3) is 4.86. The van der Waals surface area contributed by atoms with Gasteiger partial charge in [-0.1, -0.05) is 0 Å². The number of nitrogens with zero attached hydrogens (tertiary/aromatic N) is 2. The van der Waals surface area contributed by atoms with Crippen molar-refractivity contribution in [1.82, 2.24) is 15.6 Å². The molecule has 0 spiro atoms. The van der Waals surface area contributed by atoms with Crippen molar-refractivity contribution in [3.63, 3.8) is 0 Å². The first-order chi connectivity index (χ1) is 14.8. The molecule has 7 nitrogen and oxygen atoms in total. The van der Waals surface area contributed by atoms with E-state index < -0.39 is 23.7 Å². The molecule has 0 atom stereocenters. The summed E-state index contributed by atoms with van der Waals surface area (Å²) in [6, 6.07) is 1.04. The number of thiophene rings is 1. The highest BCUT2D eigenvalue weighted by molar-refractivity contribution is 7.17. The number of hydrogen-bond donors (Lipinski definition) is 2. The van der Waals surface area contributed by atoms with Crippen molar-refractivity contribution in [3.05, 3.63) is 22.6 Å². The fourth-order valence-corrected chi connectivity index (χ4v) is 4.63. The van der Waals surface area contributed by atoms with Gasteiger partial charge < -0.3 is 20.3 Å². The molecule has 1 aliphatic carbocycles. The Morgan fingerprint density at radius 1 is 1.26 bits per heavy atom. The van der Waals surface area contributed by atoms with Gasteiger partial charge in [0.15, 0.2) is 0 Å². The van der Waals surface area contributed by atoms with Crippen molar-refractivity contribution in [2.75, 3.05) is 31.6 Å². The lowest BCUT2D eigenvalue weighted by atomic mass is 10.1. The Labute approximate surface area is 180 Å². The first-order valence-electron chi connectivity index (χ1n) is 10.2. The standard InChI is InChI=1S/C20H23F3N4O3S/c1-24-18(28)13-10-31-17-14(20(21,22)23)8-15(26-16(13)17)27-6-4-12(5-7-27)30-19(29)25-9-11-2-3-11/h8,10-12H,2-7,9H2,1H3,(H,24,28)(H,25,29). The molecular formula is C20H23F3N4O3S. The molecule has 11 heteroatoms.